The summed E-state index contributed by atoms with van der Waals surface area (Å²) >= 11 is 3.41. The molecule has 1 aromatic carbocycles. The average Bonchev–Trinajstić information content (AvgIpc) is 2.42. The van der Waals surface area contributed by atoms with Gasteiger partial charge >= 0.3 is 0 Å². The molecule has 2 rings (SSSR count). The summed E-state index contributed by atoms with van der Waals surface area (Å²) in [6.45, 7) is 2.71. The van der Waals surface area contributed by atoms with Gasteiger partial charge in [0.1, 0.15) is 5.82 Å². The Hall–Kier alpha value is -1.44. The molecule has 0 aliphatic rings. The molecule has 7 heteroatoms. The highest BCUT2D eigenvalue weighted by atomic mass is 79.9. The minimum absolute atomic E-state index is 0.129. The summed E-state index contributed by atoms with van der Waals surface area (Å²) in [6, 6.07) is 8.54. The van der Waals surface area contributed by atoms with E-state index < -0.39 is 10.0 Å². The molecular formula is C14H16BrN3O2S. The molecule has 21 heavy (non-hydrogen) atoms. The van der Waals surface area contributed by atoms with Crippen molar-refractivity contribution < 1.29 is 8.42 Å². The summed E-state index contributed by atoms with van der Waals surface area (Å²) < 4.78 is 23.3. The maximum absolute atomic E-state index is 11.2. The molecular weight excluding hydrogens is 354 g/mol. The van der Waals surface area contributed by atoms with E-state index in [9.17, 15) is 8.42 Å². The van der Waals surface area contributed by atoms with Crippen molar-refractivity contribution in [3.63, 3.8) is 0 Å². The molecule has 112 valence electrons. The number of rotatable bonds is 5. The van der Waals surface area contributed by atoms with Gasteiger partial charge in [-0.05, 0) is 58.6 Å². The Kier molecular flexibility index (Phi) is 4.97. The number of nitrogens with two attached hydrogens (primary N) is 1. The summed E-state index contributed by atoms with van der Waals surface area (Å²) in [5.41, 5.74) is 2.15. The second kappa shape index (κ2) is 6.55. The first-order valence-electron chi connectivity index (χ1n) is 6.34. The Morgan fingerprint density at radius 1 is 1.29 bits per heavy atom. The first kappa shape index (κ1) is 15.9. The standard InChI is InChI=1S/C14H16BrN3O2S/c1-10-8-14(18-9-13(10)15)17-7-6-11-2-4-12(5-3-11)21(16,19)20/h2-5,8-9H,6-7H2,1H3,(H,17,18)(H2,16,19,20). The molecule has 0 radical (unpaired) electrons. The van der Waals surface area contributed by atoms with E-state index in [1.165, 1.54) is 12.1 Å². The van der Waals surface area contributed by atoms with Gasteiger partial charge in [-0.3, -0.25) is 0 Å². The molecule has 5 nitrogen and oxygen atoms in total. The van der Waals surface area contributed by atoms with Gasteiger partial charge in [-0.2, -0.15) is 0 Å². The van der Waals surface area contributed by atoms with E-state index in [1.807, 2.05) is 13.0 Å². The first-order chi connectivity index (χ1) is 9.86. The second-order valence-corrected chi connectivity index (χ2v) is 7.10. The fourth-order valence-electron chi connectivity index (χ4n) is 1.82. The highest BCUT2D eigenvalue weighted by molar-refractivity contribution is 9.10. The van der Waals surface area contributed by atoms with Gasteiger partial charge in [-0.15, -0.1) is 0 Å². The van der Waals surface area contributed by atoms with Crippen LogP contribution in [-0.4, -0.2) is 19.9 Å². The van der Waals surface area contributed by atoms with Gasteiger partial charge in [0.05, 0.1) is 4.90 Å². The number of hydrogen-bond donors (Lipinski definition) is 2. The van der Waals surface area contributed by atoms with Gasteiger partial charge in [-0.25, -0.2) is 18.5 Å². The molecule has 0 fully saturated rings. The van der Waals surface area contributed by atoms with Crippen LogP contribution in [0.4, 0.5) is 5.82 Å². The Balaban J connectivity index is 1.93. The maximum atomic E-state index is 11.2. The van der Waals surface area contributed by atoms with Crippen molar-refractivity contribution in [1.29, 1.82) is 0 Å². The van der Waals surface area contributed by atoms with Crippen molar-refractivity contribution >= 4 is 31.8 Å². The number of primary sulfonamides is 1. The number of nitrogens with one attached hydrogen (secondary N) is 1. The minimum Gasteiger partial charge on any atom is -0.370 e. The summed E-state index contributed by atoms with van der Waals surface area (Å²) in [4.78, 5) is 4.39. The molecule has 0 spiro atoms. The number of hydrogen-bond acceptors (Lipinski definition) is 4. The predicted molar refractivity (Wildman–Crippen MR) is 86.7 cm³/mol. The van der Waals surface area contributed by atoms with Crippen molar-refractivity contribution in [1.82, 2.24) is 4.98 Å². The van der Waals surface area contributed by atoms with E-state index in [2.05, 4.69) is 26.2 Å². The van der Waals surface area contributed by atoms with E-state index in [1.54, 1.807) is 18.3 Å². The fourth-order valence-corrected chi connectivity index (χ4v) is 2.55. The number of aryl methyl sites for hydroxylation is 1. The summed E-state index contributed by atoms with van der Waals surface area (Å²) in [5, 5.41) is 8.29. The van der Waals surface area contributed by atoms with E-state index in [4.69, 9.17) is 5.14 Å². The van der Waals surface area contributed by atoms with E-state index in [0.29, 0.717) is 6.54 Å². The van der Waals surface area contributed by atoms with Gasteiger partial charge in [0.2, 0.25) is 10.0 Å². The molecule has 1 heterocycles. The van der Waals surface area contributed by atoms with Crippen LogP contribution in [0.5, 0.6) is 0 Å². The molecule has 0 bridgehead atoms. The van der Waals surface area contributed by atoms with Crippen molar-refractivity contribution in [3.8, 4) is 0 Å². The number of nitrogens with zero attached hydrogens (tertiary/aromatic N) is 1. The third kappa shape index (κ3) is 4.52. The Morgan fingerprint density at radius 2 is 1.95 bits per heavy atom. The summed E-state index contributed by atoms with van der Waals surface area (Å²) in [6.07, 6.45) is 2.53. The topological polar surface area (TPSA) is 85.1 Å². The molecule has 0 aliphatic heterocycles. The highest BCUT2D eigenvalue weighted by Gasteiger charge is 2.06. The highest BCUT2D eigenvalue weighted by Crippen LogP contribution is 2.17. The van der Waals surface area contributed by atoms with Crippen LogP contribution in [0, 0.1) is 6.92 Å². The van der Waals surface area contributed by atoms with Crippen molar-refractivity contribution in [2.75, 3.05) is 11.9 Å². The number of pyridine rings is 1. The molecule has 0 amide bonds. The van der Waals surface area contributed by atoms with Gasteiger partial charge in [0, 0.05) is 17.2 Å². The van der Waals surface area contributed by atoms with Crippen LogP contribution in [0.15, 0.2) is 45.9 Å². The number of aromatic nitrogens is 1. The Morgan fingerprint density at radius 3 is 2.52 bits per heavy atom. The average molecular weight is 370 g/mol. The van der Waals surface area contributed by atoms with Gasteiger partial charge in [0.15, 0.2) is 0 Å². The fraction of sp³-hybridized carbons (Fsp3) is 0.214. The van der Waals surface area contributed by atoms with Crippen LogP contribution >= 0.6 is 15.9 Å². The van der Waals surface area contributed by atoms with Crippen molar-refractivity contribution in [2.45, 2.75) is 18.2 Å². The van der Waals surface area contributed by atoms with E-state index >= 15 is 0 Å². The molecule has 2 aromatic rings. The zero-order valence-corrected chi connectivity index (χ0v) is 13.9. The Labute approximate surface area is 132 Å². The zero-order valence-electron chi connectivity index (χ0n) is 11.5. The number of halogens is 1. The van der Waals surface area contributed by atoms with Gasteiger partial charge in [0.25, 0.3) is 0 Å². The van der Waals surface area contributed by atoms with Crippen LogP contribution in [-0.2, 0) is 16.4 Å². The third-order valence-electron chi connectivity index (χ3n) is 3.02. The van der Waals surface area contributed by atoms with Crippen molar-refractivity contribution in [3.05, 3.63) is 52.1 Å². The lowest BCUT2D eigenvalue weighted by Crippen LogP contribution is -2.12. The quantitative estimate of drug-likeness (QED) is 0.847. The lowest BCUT2D eigenvalue weighted by molar-refractivity contribution is 0.598. The largest absolute Gasteiger partial charge is 0.370 e. The van der Waals surface area contributed by atoms with Crippen LogP contribution in [0.3, 0.4) is 0 Å². The lowest BCUT2D eigenvalue weighted by atomic mass is 10.1. The maximum Gasteiger partial charge on any atom is 0.238 e. The number of benzene rings is 1. The summed E-state index contributed by atoms with van der Waals surface area (Å²) in [5.74, 6) is 0.817. The monoisotopic (exact) mass is 369 g/mol. The van der Waals surface area contributed by atoms with Crippen LogP contribution in [0.25, 0.3) is 0 Å². The molecule has 1 aromatic heterocycles. The Bertz CT molecular complexity index is 730. The first-order valence-corrected chi connectivity index (χ1v) is 8.68. The lowest BCUT2D eigenvalue weighted by Gasteiger charge is -2.07. The third-order valence-corrected chi connectivity index (χ3v) is 4.78. The minimum atomic E-state index is -3.62. The van der Waals surface area contributed by atoms with Gasteiger partial charge in [-0.1, -0.05) is 12.1 Å². The molecule has 0 saturated heterocycles. The van der Waals surface area contributed by atoms with Gasteiger partial charge < -0.3 is 5.32 Å². The summed E-state index contributed by atoms with van der Waals surface area (Å²) in [7, 11) is -3.62. The molecule has 3 N–H and O–H groups in total. The molecule has 0 unspecified atom stereocenters. The zero-order chi connectivity index (χ0) is 15.5. The molecule has 0 atom stereocenters. The van der Waals surface area contributed by atoms with Crippen molar-refractivity contribution in [2.24, 2.45) is 5.14 Å². The van der Waals surface area contributed by atoms with E-state index in [0.717, 1.165) is 27.8 Å². The molecule has 0 aliphatic carbocycles. The predicted octanol–water partition coefficient (Wildman–Crippen LogP) is 2.45. The number of anilines is 1. The normalized spacial score (nSPS) is 11.4. The van der Waals surface area contributed by atoms with Crippen LogP contribution in [0.2, 0.25) is 0 Å². The number of sulfonamides is 1. The smallest absolute Gasteiger partial charge is 0.238 e. The van der Waals surface area contributed by atoms with E-state index in [-0.39, 0.29) is 4.90 Å². The van der Waals surface area contributed by atoms with Crippen LogP contribution < -0.4 is 10.5 Å². The SMILES string of the molecule is Cc1cc(NCCc2ccc(S(N)(=O)=O)cc2)ncc1Br. The molecule has 0 saturated carbocycles. The second-order valence-electron chi connectivity index (χ2n) is 4.68. The van der Waals surface area contributed by atoms with Crippen LogP contribution in [0.1, 0.15) is 11.1 Å².